The van der Waals surface area contributed by atoms with Crippen molar-refractivity contribution in [2.75, 3.05) is 14.2 Å². The summed E-state index contributed by atoms with van der Waals surface area (Å²) in [6, 6.07) is 5.81. The van der Waals surface area contributed by atoms with E-state index in [0.29, 0.717) is 19.3 Å². The molecule has 0 saturated heterocycles. The van der Waals surface area contributed by atoms with E-state index < -0.39 is 5.60 Å². The lowest BCUT2D eigenvalue weighted by molar-refractivity contribution is -0.126. The van der Waals surface area contributed by atoms with Gasteiger partial charge in [0.05, 0.1) is 18.8 Å². The van der Waals surface area contributed by atoms with Crippen molar-refractivity contribution >= 4 is 15.9 Å². The van der Waals surface area contributed by atoms with E-state index in [0.717, 1.165) is 15.8 Å². The highest BCUT2D eigenvalue weighted by Gasteiger charge is 2.43. The van der Waals surface area contributed by atoms with Gasteiger partial charge in [-0.3, -0.25) is 0 Å². The molecule has 0 heterocycles. The molecular formula is C13H17BrO3. The van der Waals surface area contributed by atoms with E-state index in [-0.39, 0.29) is 6.10 Å². The molecule has 1 aliphatic carbocycles. The summed E-state index contributed by atoms with van der Waals surface area (Å²) >= 11 is 3.50. The molecule has 1 aliphatic rings. The lowest BCUT2D eigenvalue weighted by Gasteiger charge is -2.43. The summed E-state index contributed by atoms with van der Waals surface area (Å²) < 4.78 is 11.4. The number of rotatable bonds is 4. The van der Waals surface area contributed by atoms with E-state index in [1.165, 1.54) is 0 Å². The van der Waals surface area contributed by atoms with Crippen LogP contribution < -0.4 is 4.74 Å². The Hall–Kier alpha value is -0.580. The van der Waals surface area contributed by atoms with Gasteiger partial charge >= 0.3 is 0 Å². The normalized spacial score (nSPS) is 27.6. The Kier molecular flexibility index (Phi) is 3.76. The van der Waals surface area contributed by atoms with Crippen LogP contribution in [0.15, 0.2) is 22.7 Å². The Morgan fingerprint density at radius 3 is 2.71 bits per heavy atom. The topological polar surface area (TPSA) is 38.7 Å². The Balaban J connectivity index is 2.08. The zero-order chi connectivity index (χ0) is 12.5. The van der Waals surface area contributed by atoms with Crippen LogP contribution in [0.1, 0.15) is 18.4 Å². The van der Waals surface area contributed by atoms with Crippen LogP contribution in [0.4, 0.5) is 0 Å². The average Bonchev–Trinajstić information content (AvgIpc) is 2.28. The molecule has 17 heavy (non-hydrogen) atoms. The highest BCUT2D eigenvalue weighted by atomic mass is 79.9. The minimum atomic E-state index is -0.629. The molecule has 1 aromatic carbocycles. The van der Waals surface area contributed by atoms with Gasteiger partial charge in [-0.1, -0.05) is 15.9 Å². The van der Waals surface area contributed by atoms with Gasteiger partial charge in [0.2, 0.25) is 0 Å². The molecule has 3 nitrogen and oxygen atoms in total. The SMILES string of the molecule is COc1ccc(Br)c(CC2(O)CC(OC)C2)c1. The van der Waals surface area contributed by atoms with Crippen LogP contribution in [-0.4, -0.2) is 31.0 Å². The molecule has 2 rings (SSSR count). The molecule has 4 heteroatoms. The predicted octanol–water partition coefficient (Wildman–Crippen LogP) is 2.54. The number of hydrogen-bond donors (Lipinski definition) is 1. The molecule has 1 N–H and O–H groups in total. The molecule has 94 valence electrons. The maximum Gasteiger partial charge on any atom is 0.119 e. The molecule has 1 saturated carbocycles. The monoisotopic (exact) mass is 300 g/mol. The lowest BCUT2D eigenvalue weighted by atomic mass is 9.74. The summed E-state index contributed by atoms with van der Waals surface area (Å²) in [4.78, 5) is 0. The van der Waals surface area contributed by atoms with Crippen molar-refractivity contribution in [1.29, 1.82) is 0 Å². The van der Waals surface area contributed by atoms with E-state index in [1.807, 2.05) is 18.2 Å². The van der Waals surface area contributed by atoms with Crippen molar-refractivity contribution in [3.63, 3.8) is 0 Å². The van der Waals surface area contributed by atoms with Crippen LogP contribution in [0.25, 0.3) is 0 Å². The first kappa shape index (κ1) is 12.9. The van der Waals surface area contributed by atoms with E-state index in [4.69, 9.17) is 9.47 Å². The molecule has 0 bridgehead atoms. The van der Waals surface area contributed by atoms with E-state index in [1.54, 1.807) is 14.2 Å². The number of halogens is 1. The summed E-state index contributed by atoms with van der Waals surface area (Å²) in [6.07, 6.45) is 2.23. The van der Waals surface area contributed by atoms with Crippen LogP contribution >= 0.6 is 15.9 Å². The zero-order valence-corrected chi connectivity index (χ0v) is 11.7. The van der Waals surface area contributed by atoms with Crippen molar-refractivity contribution < 1.29 is 14.6 Å². The van der Waals surface area contributed by atoms with Gasteiger partial charge in [0.15, 0.2) is 0 Å². The number of benzene rings is 1. The fourth-order valence-corrected chi connectivity index (χ4v) is 2.65. The minimum Gasteiger partial charge on any atom is -0.497 e. The Labute approximate surface area is 110 Å². The first-order valence-corrected chi connectivity index (χ1v) is 6.43. The maximum absolute atomic E-state index is 10.3. The molecule has 0 aromatic heterocycles. The number of methoxy groups -OCH3 is 2. The van der Waals surface area contributed by atoms with Gasteiger partial charge in [0, 0.05) is 30.8 Å². The summed E-state index contributed by atoms with van der Waals surface area (Å²) in [6.45, 7) is 0. The Bertz CT molecular complexity index is 400. The van der Waals surface area contributed by atoms with Gasteiger partial charge in [0.1, 0.15) is 5.75 Å². The van der Waals surface area contributed by atoms with E-state index in [2.05, 4.69) is 15.9 Å². The number of aliphatic hydroxyl groups is 1. The van der Waals surface area contributed by atoms with Gasteiger partial charge in [-0.15, -0.1) is 0 Å². The van der Waals surface area contributed by atoms with Gasteiger partial charge in [-0.05, 0) is 23.8 Å². The number of ether oxygens (including phenoxy) is 2. The number of hydrogen-bond acceptors (Lipinski definition) is 3. The third-order valence-corrected chi connectivity index (χ3v) is 4.09. The summed E-state index contributed by atoms with van der Waals surface area (Å²) in [7, 11) is 3.33. The summed E-state index contributed by atoms with van der Waals surface area (Å²) in [5, 5.41) is 10.3. The van der Waals surface area contributed by atoms with Crippen LogP contribution in [0.2, 0.25) is 0 Å². The van der Waals surface area contributed by atoms with Crippen molar-refractivity contribution in [2.45, 2.75) is 31.0 Å². The first-order valence-electron chi connectivity index (χ1n) is 5.64. The van der Waals surface area contributed by atoms with Crippen molar-refractivity contribution in [2.24, 2.45) is 0 Å². The molecule has 0 unspecified atom stereocenters. The fraction of sp³-hybridized carbons (Fsp3) is 0.538. The second kappa shape index (κ2) is 4.96. The van der Waals surface area contributed by atoms with Crippen molar-refractivity contribution in [3.05, 3.63) is 28.2 Å². The minimum absolute atomic E-state index is 0.199. The standard InChI is InChI=1S/C13H17BrO3/c1-16-10-3-4-12(14)9(5-10)6-13(15)7-11(8-13)17-2/h3-5,11,15H,6-8H2,1-2H3. The lowest BCUT2D eigenvalue weighted by Crippen LogP contribution is -2.49. The predicted molar refractivity (Wildman–Crippen MR) is 69.4 cm³/mol. The van der Waals surface area contributed by atoms with Crippen LogP contribution in [-0.2, 0) is 11.2 Å². The molecule has 1 aromatic rings. The maximum atomic E-state index is 10.3. The van der Waals surface area contributed by atoms with Gasteiger partial charge in [0.25, 0.3) is 0 Å². The summed E-state index contributed by atoms with van der Waals surface area (Å²) in [5.74, 6) is 0.814. The van der Waals surface area contributed by atoms with Crippen molar-refractivity contribution in [3.8, 4) is 5.75 Å². The van der Waals surface area contributed by atoms with Gasteiger partial charge in [-0.2, -0.15) is 0 Å². The third-order valence-electron chi connectivity index (χ3n) is 3.32. The molecule has 1 fully saturated rings. The van der Waals surface area contributed by atoms with E-state index in [9.17, 15) is 5.11 Å². The summed E-state index contributed by atoms with van der Waals surface area (Å²) in [5.41, 5.74) is 0.441. The van der Waals surface area contributed by atoms with Crippen LogP contribution in [0.5, 0.6) is 5.75 Å². The van der Waals surface area contributed by atoms with Crippen LogP contribution in [0.3, 0.4) is 0 Å². The van der Waals surface area contributed by atoms with Crippen LogP contribution in [0, 0.1) is 0 Å². The van der Waals surface area contributed by atoms with Crippen molar-refractivity contribution in [1.82, 2.24) is 0 Å². The highest BCUT2D eigenvalue weighted by Crippen LogP contribution is 2.38. The molecule has 0 atom stereocenters. The van der Waals surface area contributed by atoms with E-state index >= 15 is 0 Å². The quantitative estimate of drug-likeness (QED) is 0.929. The smallest absolute Gasteiger partial charge is 0.119 e. The van der Waals surface area contributed by atoms with Gasteiger partial charge < -0.3 is 14.6 Å². The fourth-order valence-electron chi connectivity index (χ4n) is 2.27. The molecule has 0 amide bonds. The first-order chi connectivity index (χ1) is 8.06. The second-order valence-electron chi connectivity index (χ2n) is 4.62. The molecular weight excluding hydrogens is 284 g/mol. The molecule has 0 radical (unpaired) electrons. The molecule has 0 aliphatic heterocycles. The highest BCUT2D eigenvalue weighted by molar-refractivity contribution is 9.10. The average molecular weight is 301 g/mol. The Morgan fingerprint density at radius 1 is 1.41 bits per heavy atom. The second-order valence-corrected chi connectivity index (χ2v) is 5.48. The third kappa shape index (κ3) is 2.81. The van der Waals surface area contributed by atoms with Gasteiger partial charge in [-0.25, -0.2) is 0 Å². The molecule has 0 spiro atoms. The largest absolute Gasteiger partial charge is 0.497 e. The zero-order valence-electron chi connectivity index (χ0n) is 10.1. The Morgan fingerprint density at radius 2 is 2.12 bits per heavy atom.